The van der Waals surface area contributed by atoms with Crippen molar-refractivity contribution in [2.75, 3.05) is 19.0 Å². The van der Waals surface area contributed by atoms with E-state index in [1.807, 2.05) is 0 Å². The summed E-state index contributed by atoms with van der Waals surface area (Å²) in [4.78, 5) is 0. The number of ether oxygens (including phenoxy) is 1. The lowest BCUT2D eigenvalue weighted by Crippen LogP contribution is -2.16. The van der Waals surface area contributed by atoms with Crippen LogP contribution >= 0.6 is 0 Å². The van der Waals surface area contributed by atoms with Crippen molar-refractivity contribution in [3.63, 3.8) is 0 Å². The summed E-state index contributed by atoms with van der Waals surface area (Å²) in [5.41, 5.74) is 0. The molecule has 0 aromatic rings. The second kappa shape index (κ2) is 6.28. The summed E-state index contributed by atoms with van der Waals surface area (Å²) in [7, 11) is -3.95. The van der Waals surface area contributed by atoms with Crippen molar-refractivity contribution in [1.29, 1.82) is 0 Å². The van der Waals surface area contributed by atoms with Crippen molar-refractivity contribution < 1.29 is 27.9 Å². The average Bonchev–Trinajstić information content (AvgIpc) is 1.97. The van der Waals surface area contributed by atoms with Crippen molar-refractivity contribution in [1.82, 2.24) is 0 Å². The highest BCUT2D eigenvalue weighted by Crippen LogP contribution is 1.96. The first-order chi connectivity index (χ1) is 5.95. The summed E-state index contributed by atoms with van der Waals surface area (Å²) >= 11 is 0. The summed E-state index contributed by atoms with van der Waals surface area (Å²) in [6.45, 7) is -0.166. The van der Waals surface area contributed by atoms with Gasteiger partial charge in [-0.2, -0.15) is 8.42 Å². The Balaban J connectivity index is 3.36. The zero-order valence-corrected chi connectivity index (χ0v) is 7.90. The molecular weight excluding hydrogens is 200 g/mol. The third kappa shape index (κ3) is 9.71. The van der Waals surface area contributed by atoms with E-state index >= 15 is 0 Å². The number of hydrogen-bond donors (Lipinski definition) is 3. The Kier molecular flexibility index (Phi) is 6.17. The fourth-order valence-electron chi connectivity index (χ4n) is 0.654. The molecule has 80 valence electrons. The molecular formula is C6H14O6S. The van der Waals surface area contributed by atoms with Crippen LogP contribution in [-0.2, 0) is 14.9 Å². The predicted molar refractivity (Wildman–Crippen MR) is 44.7 cm³/mol. The van der Waals surface area contributed by atoms with Crippen molar-refractivity contribution >= 4 is 10.1 Å². The van der Waals surface area contributed by atoms with E-state index in [4.69, 9.17) is 19.5 Å². The molecule has 0 aromatic heterocycles. The lowest BCUT2D eigenvalue weighted by Gasteiger charge is -2.09. The van der Waals surface area contributed by atoms with Gasteiger partial charge < -0.3 is 14.9 Å². The highest BCUT2D eigenvalue weighted by Gasteiger charge is 2.06. The predicted octanol–water partition coefficient (Wildman–Crippen LogP) is -1.02. The number of rotatable bonds is 7. The normalized spacial score (nSPS) is 14.4. The van der Waals surface area contributed by atoms with E-state index < -0.39 is 22.2 Å². The van der Waals surface area contributed by atoms with Crippen molar-refractivity contribution in [2.45, 2.75) is 19.1 Å². The van der Waals surface area contributed by atoms with Gasteiger partial charge in [0.05, 0.1) is 12.4 Å². The minimum atomic E-state index is -3.95. The third-order valence-corrected chi connectivity index (χ3v) is 2.04. The molecule has 0 heterocycles. The van der Waals surface area contributed by atoms with Crippen LogP contribution in [0, 0.1) is 0 Å². The molecule has 0 amide bonds. The van der Waals surface area contributed by atoms with E-state index in [1.54, 1.807) is 0 Å². The van der Waals surface area contributed by atoms with Crippen molar-refractivity contribution in [3.05, 3.63) is 0 Å². The van der Waals surface area contributed by atoms with E-state index in [0.717, 1.165) is 0 Å². The number of aliphatic hydroxyl groups is 2. The summed E-state index contributed by atoms with van der Waals surface area (Å²) in [5, 5.41) is 17.2. The van der Waals surface area contributed by atoms with Gasteiger partial charge in [0, 0.05) is 13.0 Å². The first kappa shape index (κ1) is 12.8. The van der Waals surface area contributed by atoms with E-state index in [9.17, 15) is 8.42 Å². The van der Waals surface area contributed by atoms with E-state index in [1.165, 1.54) is 0 Å². The molecule has 0 spiro atoms. The van der Waals surface area contributed by atoms with Gasteiger partial charge in [-0.25, -0.2) is 0 Å². The van der Waals surface area contributed by atoms with Crippen LogP contribution in [0.25, 0.3) is 0 Å². The maximum Gasteiger partial charge on any atom is 0.264 e. The molecule has 1 unspecified atom stereocenters. The monoisotopic (exact) mass is 214 g/mol. The van der Waals surface area contributed by atoms with Crippen LogP contribution in [0.4, 0.5) is 0 Å². The van der Waals surface area contributed by atoms with Gasteiger partial charge in [0.1, 0.15) is 0 Å². The van der Waals surface area contributed by atoms with Crippen molar-refractivity contribution in [2.24, 2.45) is 0 Å². The van der Waals surface area contributed by atoms with Gasteiger partial charge in [-0.05, 0) is 6.42 Å². The second-order valence-corrected chi connectivity index (χ2v) is 4.05. The third-order valence-electron chi connectivity index (χ3n) is 1.23. The van der Waals surface area contributed by atoms with E-state index in [0.29, 0.717) is 0 Å². The molecule has 0 radical (unpaired) electrons. The number of aliphatic hydroxyl groups excluding tert-OH is 2. The molecule has 0 fully saturated rings. The van der Waals surface area contributed by atoms with Gasteiger partial charge in [-0.1, -0.05) is 0 Å². The topological polar surface area (TPSA) is 104 Å². The summed E-state index contributed by atoms with van der Waals surface area (Å²) in [6.07, 6.45) is -0.876. The Hall–Kier alpha value is -0.210. The molecule has 6 nitrogen and oxygen atoms in total. The molecule has 1 atom stereocenters. The summed E-state index contributed by atoms with van der Waals surface area (Å²) < 4.78 is 33.4. The fourth-order valence-corrected chi connectivity index (χ4v) is 1.14. The molecule has 0 aliphatic heterocycles. The molecule has 13 heavy (non-hydrogen) atoms. The molecule has 0 aromatic carbocycles. The highest BCUT2D eigenvalue weighted by atomic mass is 32.2. The molecule has 0 rings (SSSR count). The Morgan fingerprint density at radius 1 is 1.38 bits per heavy atom. The Morgan fingerprint density at radius 2 is 2.00 bits per heavy atom. The van der Waals surface area contributed by atoms with Gasteiger partial charge >= 0.3 is 0 Å². The lowest BCUT2D eigenvalue weighted by atomic mass is 10.4. The minimum absolute atomic E-state index is 0.0287. The molecule has 0 bridgehead atoms. The Bertz CT molecular complexity index is 211. The molecule has 0 saturated carbocycles. The SMILES string of the molecule is O=S(=O)(O)CCCOC(O)CCO. The van der Waals surface area contributed by atoms with Crippen LogP contribution in [0.15, 0.2) is 0 Å². The van der Waals surface area contributed by atoms with E-state index in [2.05, 4.69) is 0 Å². The molecule has 0 saturated heterocycles. The summed E-state index contributed by atoms with van der Waals surface area (Å²) in [5.74, 6) is -0.390. The highest BCUT2D eigenvalue weighted by molar-refractivity contribution is 7.85. The summed E-state index contributed by atoms with van der Waals surface area (Å²) in [6, 6.07) is 0. The van der Waals surface area contributed by atoms with Gasteiger partial charge in [-0.15, -0.1) is 0 Å². The molecule has 7 heteroatoms. The minimum Gasteiger partial charge on any atom is -0.396 e. The van der Waals surface area contributed by atoms with Crippen LogP contribution in [0.5, 0.6) is 0 Å². The maximum atomic E-state index is 10.2. The number of hydrogen-bond acceptors (Lipinski definition) is 5. The largest absolute Gasteiger partial charge is 0.396 e. The molecule has 0 aliphatic carbocycles. The molecule has 3 N–H and O–H groups in total. The van der Waals surface area contributed by atoms with Crippen LogP contribution in [-0.4, -0.2) is 48.4 Å². The van der Waals surface area contributed by atoms with E-state index in [-0.39, 0.29) is 26.1 Å². The fraction of sp³-hybridized carbons (Fsp3) is 1.00. The van der Waals surface area contributed by atoms with Crippen molar-refractivity contribution in [3.8, 4) is 0 Å². The lowest BCUT2D eigenvalue weighted by molar-refractivity contribution is -0.108. The Morgan fingerprint density at radius 3 is 2.46 bits per heavy atom. The first-order valence-corrected chi connectivity index (χ1v) is 5.42. The first-order valence-electron chi connectivity index (χ1n) is 3.81. The van der Waals surface area contributed by atoms with Crippen LogP contribution in [0.3, 0.4) is 0 Å². The Labute approximate surface area is 76.9 Å². The quantitative estimate of drug-likeness (QED) is 0.285. The zero-order valence-electron chi connectivity index (χ0n) is 7.09. The van der Waals surface area contributed by atoms with Gasteiger partial charge in [0.25, 0.3) is 10.1 Å². The molecule has 0 aliphatic rings. The van der Waals surface area contributed by atoms with Gasteiger partial charge in [-0.3, -0.25) is 4.55 Å². The van der Waals surface area contributed by atoms with Crippen LogP contribution in [0.1, 0.15) is 12.8 Å². The smallest absolute Gasteiger partial charge is 0.264 e. The zero-order chi connectivity index (χ0) is 10.3. The van der Waals surface area contributed by atoms with Gasteiger partial charge in [0.15, 0.2) is 6.29 Å². The standard InChI is InChI=1S/C6H14O6S/c7-3-2-6(8)12-4-1-5-13(9,10)11/h6-8H,1-5H2,(H,9,10,11). The average molecular weight is 214 g/mol. The van der Waals surface area contributed by atoms with Crippen LogP contribution < -0.4 is 0 Å². The maximum absolute atomic E-state index is 10.2. The van der Waals surface area contributed by atoms with Crippen LogP contribution in [0.2, 0.25) is 0 Å². The van der Waals surface area contributed by atoms with Gasteiger partial charge in [0.2, 0.25) is 0 Å². The second-order valence-electron chi connectivity index (χ2n) is 2.48.